The molecule has 2 N–H and O–H groups in total. The Balaban J connectivity index is 1.18. The molecule has 0 saturated heterocycles. The minimum Gasteiger partial charge on any atom is -0.457 e. The smallest absolute Gasteiger partial charge is 0.355 e. The standard InChI is InChI=1S/C29H22FN5O10/c1-2-29(45-23(37)7-31-22(36)10-34-9-17(30)25(38)33-28(34)41)16-5-19-24-14(8-35(19)26(39)15(16)11-42-27(29)40)3-13-4-20-21(44-12-43-20)6-18(13)32-24/h3-6,9H,2,7-8,10-12H2,1H3,(H,31,36)(H,33,38,41)/t29-/m0/s1. The number of aromatic nitrogens is 4. The maximum Gasteiger partial charge on any atom is 0.355 e. The SMILES string of the molecule is CC[C@@]1(OC(=O)CNC(=O)Cn2cc(F)c(=O)[nH]c2=O)C(=O)OCc2c1cc1n(c2=O)Cc2cc3cc4c(cc3nc2-1)OCO4. The van der Waals surface area contributed by atoms with E-state index < -0.39 is 59.2 Å². The zero-order chi connectivity index (χ0) is 31.6. The molecule has 4 aromatic rings. The van der Waals surface area contributed by atoms with Crippen molar-refractivity contribution in [2.24, 2.45) is 0 Å². The van der Waals surface area contributed by atoms with Crippen LogP contribution >= 0.6 is 0 Å². The molecule has 0 radical (unpaired) electrons. The van der Waals surface area contributed by atoms with Crippen LogP contribution in [-0.4, -0.2) is 50.3 Å². The molecule has 0 fully saturated rings. The first-order chi connectivity index (χ1) is 21.6. The Bertz CT molecular complexity index is 2170. The van der Waals surface area contributed by atoms with Gasteiger partial charge < -0.3 is 28.8 Å². The van der Waals surface area contributed by atoms with Crippen molar-refractivity contribution in [3.05, 3.63) is 84.2 Å². The number of nitrogens with zero attached hydrogens (tertiary/aromatic N) is 3. The van der Waals surface area contributed by atoms with Crippen LogP contribution in [0.5, 0.6) is 11.5 Å². The molecule has 0 unspecified atom stereocenters. The molecular formula is C29H22FN5O10. The first-order valence-electron chi connectivity index (χ1n) is 13.7. The Morgan fingerprint density at radius 2 is 1.89 bits per heavy atom. The Morgan fingerprint density at radius 1 is 1.11 bits per heavy atom. The number of esters is 2. The molecule has 15 nitrogen and oxygen atoms in total. The van der Waals surface area contributed by atoms with Gasteiger partial charge >= 0.3 is 17.6 Å². The molecule has 1 amide bonds. The van der Waals surface area contributed by atoms with Crippen LogP contribution in [0.3, 0.4) is 0 Å². The molecule has 1 aromatic carbocycles. The number of aromatic amines is 1. The van der Waals surface area contributed by atoms with E-state index in [0.717, 1.165) is 10.9 Å². The number of H-pyrrole nitrogens is 1. The summed E-state index contributed by atoms with van der Waals surface area (Å²) in [7, 11) is 0. The van der Waals surface area contributed by atoms with Crippen molar-refractivity contribution in [1.29, 1.82) is 0 Å². The second kappa shape index (κ2) is 10.1. The number of benzene rings is 1. The van der Waals surface area contributed by atoms with Gasteiger partial charge in [0.05, 0.1) is 35.2 Å². The van der Waals surface area contributed by atoms with Gasteiger partial charge in [-0.3, -0.25) is 28.7 Å². The van der Waals surface area contributed by atoms with Crippen molar-refractivity contribution in [2.75, 3.05) is 13.3 Å². The quantitative estimate of drug-likeness (QED) is 0.246. The summed E-state index contributed by atoms with van der Waals surface area (Å²) in [6.07, 6.45) is 0.455. The number of hydrogen-bond donors (Lipinski definition) is 2. The predicted octanol–water partition coefficient (Wildman–Crippen LogP) is 0.165. The lowest BCUT2D eigenvalue weighted by Crippen LogP contribution is -2.49. The Labute approximate surface area is 250 Å². The molecule has 3 aliphatic rings. The number of cyclic esters (lactones) is 1. The third-order valence-electron chi connectivity index (χ3n) is 7.97. The van der Waals surface area contributed by atoms with Crippen LogP contribution in [0.25, 0.3) is 22.3 Å². The van der Waals surface area contributed by atoms with E-state index in [4.69, 9.17) is 23.9 Å². The fourth-order valence-corrected chi connectivity index (χ4v) is 5.74. The Hall–Kier alpha value is -5.80. The van der Waals surface area contributed by atoms with Crippen LogP contribution in [-0.2, 0) is 49.2 Å². The number of nitrogens with one attached hydrogen (secondary N) is 2. The van der Waals surface area contributed by atoms with Crippen LogP contribution in [0.1, 0.15) is 30.0 Å². The Morgan fingerprint density at radius 3 is 2.67 bits per heavy atom. The fraction of sp³-hybridized carbons (Fsp3) is 0.276. The highest BCUT2D eigenvalue weighted by Crippen LogP contribution is 2.42. The molecule has 0 aliphatic carbocycles. The van der Waals surface area contributed by atoms with Crippen molar-refractivity contribution in [2.45, 2.75) is 38.6 Å². The first-order valence-corrected chi connectivity index (χ1v) is 13.7. The van der Waals surface area contributed by atoms with E-state index in [9.17, 15) is 33.2 Å². The molecule has 1 atom stereocenters. The van der Waals surface area contributed by atoms with Crippen LogP contribution < -0.4 is 31.6 Å². The minimum absolute atomic E-state index is 0.0996. The van der Waals surface area contributed by atoms with Crippen LogP contribution in [0.4, 0.5) is 4.39 Å². The summed E-state index contributed by atoms with van der Waals surface area (Å²) in [5.41, 5.74) is -2.14. The first kappa shape index (κ1) is 28.0. The predicted molar refractivity (Wildman–Crippen MR) is 149 cm³/mol. The number of fused-ring (bicyclic) bond motifs is 6. The number of amides is 1. The van der Waals surface area contributed by atoms with Gasteiger partial charge in [-0.2, -0.15) is 4.39 Å². The second-order valence-corrected chi connectivity index (χ2v) is 10.6. The molecule has 3 aliphatic heterocycles. The molecule has 0 spiro atoms. The summed E-state index contributed by atoms with van der Waals surface area (Å²) >= 11 is 0. The molecule has 0 saturated carbocycles. The maximum atomic E-state index is 13.7. The van der Waals surface area contributed by atoms with Crippen molar-refractivity contribution in [3.8, 4) is 22.9 Å². The van der Waals surface area contributed by atoms with Gasteiger partial charge in [0.1, 0.15) is 19.7 Å². The van der Waals surface area contributed by atoms with Crippen molar-refractivity contribution in [3.63, 3.8) is 0 Å². The number of carbonyl (C=O) groups is 3. The van der Waals surface area contributed by atoms with Gasteiger partial charge in [0.15, 0.2) is 11.5 Å². The summed E-state index contributed by atoms with van der Waals surface area (Å²) in [5, 5.41) is 3.02. The summed E-state index contributed by atoms with van der Waals surface area (Å²) in [6, 6.07) is 7.05. The summed E-state index contributed by atoms with van der Waals surface area (Å²) in [4.78, 5) is 81.8. The van der Waals surface area contributed by atoms with Crippen molar-refractivity contribution >= 4 is 28.7 Å². The molecule has 0 bridgehead atoms. The number of pyridine rings is 2. The molecule has 3 aromatic heterocycles. The molecule has 16 heteroatoms. The average molecular weight is 620 g/mol. The number of hydrogen-bond acceptors (Lipinski definition) is 11. The van der Waals surface area contributed by atoms with Crippen LogP contribution in [0.2, 0.25) is 0 Å². The van der Waals surface area contributed by atoms with E-state index in [0.29, 0.717) is 39.2 Å². The van der Waals surface area contributed by atoms with Crippen LogP contribution in [0.15, 0.2) is 44.8 Å². The number of rotatable bonds is 6. The summed E-state index contributed by atoms with van der Waals surface area (Å²) in [6.45, 7) is 0.112. The van der Waals surface area contributed by atoms with Crippen molar-refractivity contribution in [1.82, 2.24) is 24.4 Å². The lowest BCUT2D eigenvalue weighted by molar-refractivity contribution is -0.189. The summed E-state index contributed by atoms with van der Waals surface area (Å²) < 4.78 is 37.6. The third-order valence-corrected chi connectivity index (χ3v) is 7.97. The molecule has 230 valence electrons. The van der Waals surface area contributed by atoms with Gasteiger partial charge in [0.25, 0.3) is 11.1 Å². The minimum atomic E-state index is -2.01. The van der Waals surface area contributed by atoms with Gasteiger partial charge in [0, 0.05) is 22.6 Å². The van der Waals surface area contributed by atoms with E-state index in [1.54, 1.807) is 24.0 Å². The van der Waals surface area contributed by atoms with E-state index in [1.807, 2.05) is 12.1 Å². The number of ether oxygens (including phenoxy) is 4. The lowest BCUT2D eigenvalue weighted by atomic mass is 9.85. The summed E-state index contributed by atoms with van der Waals surface area (Å²) in [5.74, 6) is -2.97. The second-order valence-electron chi connectivity index (χ2n) is 10.6. The number of halogens is 1. The highest BCUT2D eigenvalue weighted by Gasteiger charge is 2.50. The number of carbonyl (C=O) groups excluding carboxylic acids is 3. The highest BCUT2D eigenvalue weighted by molar-refractivity contribution is 5.90. The zero-order valence-corrected chi connectivity index (χ0v) is 23.4. The Kier molecular flexibility index (Phi) is 6.31. The molecule has 7 rings (SSSR count). The van der Waals surface area contributed by atoms with Gasteiger partial charge in [0.2, 0.25) is 24.1 Å². The molecular weight excluding hydrogens is 597 g/mol. The normalized spacial score (nSPS) is 17.3. The van der Waals surface area contributed by atoms with E-state index in [-0.39, 0.29) is 37.5 Å². The average Bonchev–Trinajstić information content (AvgIpc) is 3.62. The van der Waals surface area contributed by atoms with Crippen LogP contribution in [0, 0.1) is 5.82 Å². The monoisotopic (exact) mass is 619 g/mol. The maximum absolute atomic E-state index is 13.7. The fourth-order valence-electron chi connectivity index (χ4n) is 5.74. The van der Waals surface area contributed by atoms with Crippen molar-refractivity contribution < 1.29 is 37.7 Å². The van der Waals surface area contributed by atoms with E-state index >= 15 is 0 Å². The highest BCUT2D eigenvalue weighted by atomic mass is 19.1. The molecule has 6 heterocycles. The van der Waals surface area contributed by atoms with E-state index in [2.05, 4.69) is 5.32 Å². The largest absolute Gasteiger partial charge is 0.457 e. The van der Waals surface area contributed by atoms with Gasteiger partial charge in [-0.05, 0) is 24.6 Å². The zero-order valence-electron chi connectivity index (χ0n) is 23.4. The van der Waals surface area contributed by atoms with Gasteiger partial charge in [-0.1, -0.05) is 6.92 Å². The topological polar surface area (TPSA) is 190 Å². The van der Waals surface area contributed by atoms with E-state index in [1.165, 1.54) is 4.57 Å². The van der Waals surface area contributed by atoms with Gasteiger partial charge in [-0.25, -0.2) is 14.6 Å². The third kappa shape index (κ3) is 4.44. The van der Waals surface area contributed by atoms with Gasteiger partial charge in [-0.15, -0.1) is 0 Å². The molecule has 45 heavy (non-hydrogen) atoms. The lowest BCUT2D eigenvalue weighted by Gasteiger charge is -2.35.